The van der Waals surface area contributed by atoms with E-state index in [0.717, 1.165) is 11.1 Å². The summed E-state index contributed by atoms with van der Waals surface area (Å²) in [5.74, 6) is 0.241. The van der Waals surface area contributed by atoms with E-state index in [0.29, 0.717) is 16.5 Å². The van der Waals surface area contributed by atoms with Crippen LogP contribution in [0.4, 0.5) is 4.39 Å². The van der Waals surface area contributed by atoms with Crippen LogP contribution >= 0.6 is 11.6 Å². The summed E-state index contributed by atoms with van der Waals surface area (Å²) in [7, 11) is 0. The van der Waals surface area contributed by atoms with Crippen LogP contribution in [0.15, 0.2) is 24.3 Å². The zero-order valence-corrected chi connectivity index (χ0v) is 10.2. The molecule has 1 saturated carbocycles. The minimum atomic E-state index is -0.260. The van der Waals surface area contributed by atoms with Crippen molar-refractivity contribution in [3.8, 4) is 0 Å². The molecule has 3 rings (SSSR count). The Hall–Kier alpha value is -1.15. The number of hydrogen-bond donors (Lipinski definition) is 0. The molecule has 0 bridgehead atoms. The van der Waals surface area contributed by atoms with Gasteiger partial charge >= 0.3 is 0 Å². The molecule has 1 aliphatic carbocycles. The summed E-state index contributed by atoms with van der Waals surface area (Å²) in [6, 6.07) is 6.51. The van der Waals surface area contributed by atoms with E-state index >= 15 is 0 Å². The third-order valence-electron chi connectivity index (χ3n) is 3.51. The highest BCUT2D eigenvalue weighted by Gasteiger charge is 2.19. The number of rotatable bonds is 1. The minimum Gasteiger partial charge on any atom is -0.252 e. The van der Waals surface area contributed by atoms with Crippen molar-refractivity contribution in [3.63, 3.8) is 0 Å². The molecule has 0 aliphatic heterocycles. The second-order valence-electron chi connectivity index (χ2n) is 4.67. The molecule has 2 aromatic rings. The van der Waals surface area contributed by atoms with Crippen LogP contribution in [-0.4, -0.2) is 4.98 Å². The monoisotopic (exact) mass is 249 g/mol. The highest BCUT2D eigenvalue weighted by Crippen LogP contribution is 2.35. The molecule has 3 heteroatoms. The van der Waals surface area contributed by atoms with Gasteiger partial charge in [0.1, 0.15) is 5.82 Å². The second-order valence-corrected chi connectivity index (χ2v) is 5.08. The summed E-state index contributed by atoms with van der Waals surface area (Å²) >= 11 is 6.23. The van der Waals surface area contributed by atoms with Crippen LogP contribution < -0.4 is 0 Å². The highest BCUT2D eigenvalue weighted by atomic mass is 35.5. The van der Waals surface area contributed by atoms with Crippen molar-refractivity contribution in [2.75, 3.05) is 0 Å². The molecule has 1 aromatic heterocycles. The Bertz CT molecular complexity index is 561. The summed E-state index contributed by atoms with van der Waals surface area (Å²) in [6.07, 6.45) is 4.85. The van der Waals surface area contributed by atoms with Crippen molar-refractivity contribution in [2.24, 2.45) is 0 Å². The number of aromatic nitrogens is 1. The zero-order valence-electron chi connectivity index (χ0n) is 9.42. The number of nitrogens with zero attached hydrogens (tertiary/aromatic N) is 1. The van der Waals surface area contributed by atoms with Gasteiger partial charge in [-0.1, -0.05) is 24.4 Å². The maximum atomic E-state index is 13.2. The van der Waals surface area contributed by atoms with E-state index in [2.05, 4.69) is 4.98 Å². The lowest BCUT2D eigenvalue weighted by atomic mass is 10.0. The molecule has 1 aliphatic rings. The van der Waals surface area contributed by atoms with Crippen LogP contribution in [0.3, 0.4) is 0 Å². The Labute approximate surface area is 105 Å². The van der Waals surface area contributed by atoms with Crippen LogP contribution in [0.25, 0.3) is 10.9 Å². The van der Waals surface area contributed by atoms with Gasteiger partial charge in [0.15, 0.2) is 0 Å². The molecule has 1 fully saturated rings. The molecule has 17 heavy (non-hydrogen) atoms. The maximum absolute atomic E-state index is 13.2. The van der Waals surface area contributed by atoms with Gasteiger partial charge in [-0.15, -0.1) is 0 Å². The van der Waals surface area contributed by atoms with Gasteiger partial charge in [0, 0.05) is 23.1 Å². The lowest BCUT2D eigenvalue weighted by Crippen LogP contribution is -1.97. The largest absolute Gasteiger partial charge is 0.252 e. The Morgan fingerprint density at radius 2 is 1.94 bits per heavy atom. The standard InChI is InChI=1S/C14H13ClFN/c15-12-8-13(9-3-1-2-4-9)17-14-7-10(16)5-6-11(12)14/h5-9H,1-4H2. The van der Waals surface area contributed by atoms with Crippen molar-refractivity contribution < 1.29 is 4.39 Å². The molecule has 88 valence electrons. The number of fused-ring (bicyclic) bond motifs is 1. The van der Waals surface area contributed by atoms with E-state index in [4.69, 9.17) is 11.6 Å². The summed E-state index contributed by atoms with van der Waals surface area (Å²) < 4.78 is 13.2. The number of halogens is 2. The van der Waals surface area contributed by atoms with Crippen LogP contribution in [-0.2, 0) is 0 Å². The molecule has 0 saturated heterocycles. The average Bonchev–Trinajstić information content (AvgIpc) is 2.81. The quantitative estimate of drug-likeness (QED) is 0.715. The topological polar surface area (TPSA) is 12.9 Å². The molecule has 0 spiro atoms. The van der Waals surface area contributed by atoms with Crippen molar-refractivity contribution in [1.29, 1.82) is 0 Å². The van der Waals surface area contributed by atoms with Crippen molar-refractivity contribution in [1.82, 2.24) is 4.98 Å². The third kappa shape index (κ3) is 2.02. The highest BCUT2D eigenvalue weighted by molar-refractivity contribution is 6.35. The summed E-state index contributed by atoms with van der Waals surface area (Å²) in [6.45, 7) is 0. The van der Waals surface area contributed by atoms with Gasteiger partial charge in [-0.3, -0.25) is 4.98 Å². The smallest absolute Gasteiger partial charge is 0.125 e. The molecule has 0 unspecified atom stereocenters. The van der Waals surface area contributed by atoms with Gasteiger partial charge in [-0.25, -0.2) is 4.39 Å². The second kappa shape index (κ2) is 4.26. The van der Waals surface area contributed by atoms with Gasteiger partial charge in [0.05, 0.1) is 10.5 Å². The fourth-order valence-electron chi connectivity index (χ4n) is 2.61. The molecule has 1 nitrogen and oxygen atoms in total. The third-order valence-corrected chi connectivity index (χ3v) is 3.83. The van der Waals surface area contributed by atoms with E-state index < -0.39 is 0 Å². The molecule has 1 heterocycles. The zero-order chi connectivity index (χ0) is 11.8. The maximum Gasteiger partial charge on any atom is 0.125 e. The predicted octanol–water partition coefficient (Wildman–Crippen LogP) is 4.68. The van der Waals surface area contributed by atoms with Crippen LogP contribution in [0.5, 0.6) is 0 Å². The van der Waals surface area contributed by atoms with Gasteiger partial charge in [-0.2, -0.15) is 0 Å². The molecule has 0 atom stereocenters. The Morgan fingerprint density at radius 1 is 1.18 bits per heavy atom. The van der Waals surface area contributed by atoms with Gasteiger partial charge in [0.25, 0.3) is 0 Å². The van der Waals surface area contributed by atoms with Crippen molar-refractivity contribution >= 4 is 22.5 Å². The van der Waals surface area contributed by atoms with Crippen LogP contribution in [0.1, 0.15) is 37.3 Å². The first-order valence-electron chi connectivity index (χ1n) is 6.00. The SMILES string of the molecule is Fc1ccc2c(Cl)cc(C3CCCC3)nc2c1. The number of hydrogen-bond acceptors (Lipinski definition) is 1. The van der Waals surface area contributed by atoms with Gasteiger partial charge in [0.2, 0.25) is 0 Å². The lowest BCUT2D eigenvalue weighted by molar-refractivity contribution is 0.629. The van der Waals surface area contributed by atoms with Gasteiger partial charge < -0.3 is 0 Å². The fourth-order valence-corrected chi connectivity index (χ4v) is 2.88. The van der Waals surface area contributed by atoms with E-state index in [1.165, 1.54) is 37.8 Å². The van der Waals surface area contributed by atoms with E-state index in [9.17, 15) is 4.39 Å². The minimum absolute atomic E-state index is 0.260. The first-order valence-corrected chi connectivity index (χ1v) is 6.37. The molecule has 0 amide bonds. The lowest BCUT2D eigenvalue weighted by Gasteiger charge is -2.10. The number of pyridine rings is 1. The molecular weight excluding hydrogens is 237 g/mol. The van der Waals surface area contributed by atoms with Crippen LogP contribution in [0, 0.1) is 5.82 Å². The first-order chi connectivity index (χ1) is 8.24. The molecule has 0 radical (unpaired) electrons. The summed E-state index contributed by atoms with van der Waals surface area (Å²) in [5.41, 5.74) is 1.69. The van der Waals surface area contributed by atoms with Crippen molar-refractivity contribution in [3.05, 3.63) is 40.8 Å². The van der Waals surface area contributed by atoms with Gasteiger partial charge in [-0.05, 0) is 31.0 Å². The molecular formula is C14H13ClFN. The molecule has 0 N–H and O–H groups in total. The molecule has 1 aromatic carbocycles. The van der Waals surface area contributed by atoms with Crippen molar-refractivity contribution in [2.45, 2.75) is 31.6 Å². The average molecular weight is 250 g/mol. The number of benzene rings is 1. The summed E-state index contributed by atoms with van der Waals surface area (Å²) in [5, 5.41) is 1.51. The normalized spacial score (nSPS) is 16.8. The summed E-state index contributed by atoms with van der Waals surface area (Å²) in [4.78, 5) is 4.55. The Morgan fingerprint density at radius 3 is 2.71 bits per heavy atom. The predicted molar refractivity (Wildman–Crippen MR) is 67.9 cm³/mol. The van der Waals surface area contributed by atoms with Crippen LogP contribution in [0.2, 0.25) is 5.02 Å². The Kier molecular flexibility index (Phi) is 2.75. The van der Waals surface area contributed by atoms with E-state index in [-0.39, 0.29) is 5.82 Å². The van der Waals surface area contributed by atoms with E-state index in [1.807, 2.05) is 6.07 Å². The van der Waals surface area contributed by atoms with E-state index in [1.54, 1.807) is 6.07 Å². The first kappa shape index (κ1) is 11.0. The Balaban J connectivity index is 2.14. The fraction of sp³-hybridized carbons (Fsp3) is 0.357.